The molecule has 4 nitrogen and oxygen atoms in total. The minimum absolute atomic E-state index is 0.674. The van der Waals surface area contributed by atoms with Crippen molar-refractivity contribution in [2.24, 2.45) is 0 Å². The monoisotopic (exact) mass is 326 g/mol. The van der Waals surface area contributed by atoms with Gasteiger partial charge in [0.25, 0.3) is 0 Å². The fourth-order valence-corrected chi connectivity index (χ4v) is 3.34. The Labute approximate surface area is 143 Å². The molecule has 0 saturated carbocycles. The van der Waals surface area contributed by atoms with Gasteiger partial charge in [0.2, 0.25) is 0 Å². The van der Waals surface area contributed by atoms with E-state index in [1.807, 2.05) is 0 Å². The molecule has 0 radical (unpaired) electrons. The molecular formula is C19H38N2O2. The summed E-state index contributed by atoms with van der Waals surface area (Å²) in [6.07, 6.45) is 15.9. The second-order valence-electron chi connectivity index (χ2n) is 7.00. The summed E-state index contributed by atoms with van der Waals surface area (Å²) in [5.41, 5.74) is 0. The van der Waals surface area contributed by atoms with E-state index in [1.54, 1.807) is 0 Å². The fourth-order valence-electron chi connectivity index (χ4n) is 3.34. The molecule has 1 N–H and O–H groups in total. The van der Waals surface area contributed by atoms with E-state index in [4.69, 9.17) is 5.11 Å². The van der Waals surface area contributed by atoms with Gasteiger partial charge in [-0.3, -0.25) is 4.90 Å². The highest BCUT2D eigenvalue weighted by Gasteiger charge is 2.19. The molecule has 1 rings (SSSR count). The van der Waals surface area contributed by atoms with Gasteiger partial charge in [0.05, 0.1) is 0 Å². The largest absolute Gasteiger partial charge is 0.465 e. The molecule has 136 valence electrons. The Morgan fingerprint density at radius 1 is 0.739 bits per heavy atom. The Kier molecular flexibility index (Phi) is 12.0. The van der Waals surface area contributed by atoms with Crippen LogP contribution in [0.4, 0.5) is 4.79 Å². The van der Waals surface area contributed by atoms with Crippen LogP contribution in [-0.4, -0.2) is 53.7 Å². The summed E-state index contributed by atoms with van der Waals surface area (Å²) in [6.45, 7) is 6.58. The van der Waals surface area contributed by atoms with Crippen molar-refractivity contribution in [1.29, 1.82) is 0 Å². The molecule has 0 aromatic heterocycles. The summed E-state index contributed by atoms with van der Waals surface area (Å²) in [5, 5.41) is 8.92. The van der Waals surface area contributed by atoms with E-state index in [1.165, 1.54) is 81.9 Å². The lowest BCUT2D eigenvalue weighted by molar-refractivity contribution is 0.105. The Hall–Kier alpha value is -0.770. The molecule has 1 aliphatic rings. The molecule has 0 aliphatic carbocycles. The Balaban J connectivity index is 1.79. The van der Waals surface area contributed by atoms with Gasteiger partial charge in [-0.25, -0.2) is 4.79 Å². The second-order valence-corrected chi connectivity index (χ2v) is 7.00. The van der Waals surface area contributed by atoms with Crippen molar-refractivity contribution in [2.45, 2.75) is 84.0 Å². The number of piperazine rings is 1. The van der Waals surface area contributed by atoms with Gasteiger partial charge < -0.3 is 10.0 Å². The lowest BCUT2D eigenvalue weighted by Crippen LogP contribution is -2.48. The number of unbranched alkanes of at least 4 members (excludes halogenated alkanes) is 11. The van der Waals surface area contributed by atoms with Crippen LogP contribution in [0, 0.1) is 0 Å². The van der Waals surface area contributed by atoms with E-state index in [0.717, 1.165) is 19.6 Å². The molecule has 0 atom stereocenters. The van der Waals surface area contributed by atoms with Crippen LogP contribution in [0.25, 0.3) is 0 Å². The molecule has 0 spiro atoms. The molecule has 23 heavy (non-hydrogen) atoms. The number of rotatable bonds is 13. The topological polar surface area (TPSA) is 43.8 Å². The van der Waals surface area contributed by atoms with E-state index in [2.05, 4.69) is 11.8 Å². The molecule has 0 bridgehead atoms. The third kappa shape index (κ3) is 10.6. The van der Waals surface area contributed by atoms with E-state index < -0.39 is 6.09 Å². The normalized spacial score (nSPS) is 16.0. The van der Waals surface area contributed by atoms with Crippen molar-refractivity contribution < 1.29 is 9.90 Å². The molecule has 1 aliphatic heterocycles. The van der Waals surface area contributed by atoms with Crippen LogP contribution in [-0.2, 0) is 0 Å². The summed E-state index contributed by atoms with van der Waals surface area (Å²) >= 11 is 0. The summed E-state index contributed by atoms with van der Waals surface area (Å²) in [7, 11) is 0. The fraction of sp³-hybridized carbons (Fsp3) is 0.947. The summed E-state index contributed by atoms with van der Waals surface area (Å²) in [4.78, 5) is 14.8. The van der Waals surface area contributed by atoms with Crippen molar-refractivity contribution in [1.82, 2.24) is 9.80 Å². The van der Waals surface area contributed by atoms with Crippen molar-refractivity contribution in [3.05, 3.63) is 0 Å². The van der Waals surface area contributed by atoms with Crippen molar-refractivity contribution in [3.8, 4) is 0 Å². The van der Waals surface area contributed by atoms with E-state index >= 15 is 0 Å². The number of amides is 1. The van der Waals surface area contributed by atoms with Gasteiger partial charge in [0, 0.05) is 26.2 Å². The van der Waals surface area contributed by atoms with Crippen LogP contribution < -0.4 is 0 Å². The highest BCUT2D eigenvalue weighted by Crippen LogP contribution is 2.12. The quantitative estimate of drug-likeness (QED) is 0.485. The van der Waals surface area contributed by atoms with Crippen LogP contribution >= 0.6 is 0 Å². The molecule has 0 aromatic carbocycles. The number of hydrogen-bond acceptors (Lipinski definition) is 2. The van der Waals surface area contributed by atoms with Gasteiger partial charge in [0.1, 0.15) is 0 Å². The third-order valence-electron chi connectivity index (χ3n) is 4.97. The molecule has 1 saturated heterocycles. The van der Waals surface area contributed by atoms with Gasteiger partial charge in [-0.05, 0) is 13.0 Å². The smallest absolute Gasteiger partial charge is 0.407 e. The first-order valence-corrected chi connectivity index (χ1v) is 9.94. The first-order valence-electron chi connectivity index (χ1n) is 9.94. The first kappa shape index (κ1) is 20.3. The van der Waals surface area contributed by atoms with Gasteiger partial charge in [-0.2, -0.15) is 0 Å². The van der Waals surface area contributed by atoms with E-state index in [9.17, 15) is 4.79 Å². The Morgan fingerprint density at radius 2 is 1.17 bits per heavy atom. The standard InChI is InChI=1S/C19H38N2O2/c1-2-3-4-5-6-7-8-9-10-11-12-13-14-20-15-17-21(18-16-20)19(22)23/h2-18H2,1H3,(H,22,23). The Morgan fingerprint density at radius 3 is 1.61 bits per heavy atom. The van der Waals surface area contributed by atoms with Crippen LogP contribution in [0.1, 0.15) is 84.0 Å². The minimum atomic E-state index is -0.769. The molecule has 1 amide bonds. The SMILES string of the molecule is CCCCCCCCCCCCCCN1CCN(C(=O)O)CC1. The highest BCUT2D eigenvalue weighted by atomic mass is 16.4. The minimum Gasteiger partial charge on any atom is -0.465 e. The van der Waals surface area contributed by atoms with Gasteiger partial charge in [-0.15, -0.1) is 0 Å². The highest BCUT2D eigenvalue weighted by molar-refractivity contribution is 5.65. The molecule has 4 heteroatoms. The average molecular weight is 327 g/mol. The lowest BCUT2D eigenvalue weighted by Gasteiger charge is -2.33. The zero-order chi connectivity index (χ0) is 16.8. The van der Waals surface area contributed by atoms with Crippen LogP contribution in [0.15, 0.2) is 0 Å². The summed E-state index contributed by atoms with van der Waals surface area (Å²) in [6, 6.07) is 0. The maximum Gasteiger partial charge on any atom is 0.407 e. The maximum absolute atomic E-state index is 10.8. The zero-order valence-corrected chi connectivity index (χ0v) is 15.3. The molecule has 0 unspecified atom stereocenters. The number of nitrogens with zero attached hydrogens (tertiary/aromatic N) is 2. The molecule has 1 fully saturated rings. The maximum atomic E-state index is 10.8. The third-order valence-corrected chi connectivity index (χ3v) is 4.97. The first-order chi connectivity index (χ1) is 11.2. The number of carboxylic acid groups (broad SMARTS) is 1. The second kappa shape index (κ2) is 13.6. The average Bonchev–Trinajstić information content (AvgIpc) is 2.56. The lowest BCUT2D eigenvalue weighted by atomic mass is 10.1. The van der Waals surface area contributed by atoms with Gasteiger partial charge in [0.15, 0.2) is 0 Å². The van der Waals surface area contributed by atoms with Crippen LogP contribution in [0.5, 0.6) is 0 Å². The zero-order valence-electron chi connectivity index (χ0n) is 15.3. The van der Waals surface area contributed by atoms with Crippen LogP contribution in [0.3, 0.4) is 0 Å². The van der Waals surface area contributed by atoms with Crippen molar-refractivity contribution >= 4 is 6.09 Å². The molecular weight excluding hydrogens is 288 g/mol. The predicted molar refractivity (Wildman–Crippen MR) is 97.1 cm³/mol. The van der Waals surface area contributed by atoms with E-state index in [-0.39, 0.29) is 0 Å². The number of carbonyl (C=O) groups is 1. The Bertz CT molecular complexity index is 289. The summed E-state index contributed by atoms with van der Waals surface area (Å²) < 4.78 is 0. The molecule has 0 aromatic rings. The van der Waals surface area contributed by atoms with Gasteiger partial charge in [-0.1, -0.05) is 77.6 Å². The van der Waals surface area contributed by atoms with E-state index in [0.29, 0.717) is 13.1 Å². The summed E-state index contributed by atoms with van der Waals surface area (Å²) in [5.74, 6) is 0. The number of hydrogen-bond donors (Lipinski definition) is 1. The van der Waals surface area contributed by atoms with Crippen molar-refractivity contribution in [2.75, 3.05) is 32.7 Å². The van der Waals surface area contributed by atoms with Crippen molar-refractivity contribution in [3.63, 3.8) is 0 Å². The molecule has 1 heterocycles. The predicted octanol–water partition coefficient (Wildman–Crippen LogP) is 4.98. The van der Waals surface area contributed by atoms with Crippen LogP contribution in [0.2, 0.25) is 0 Å². The van der Waals surface area contributed by atoms with Gasteiger partial charge >= 0.3 is 6.09 Å².